The maximum absolute atomic E-state index is 12.9. The molecule has 0 radical (unpaired) electrons. The lowest BCUT2D eigenvalue weighted by Gasteiger charge is -2.18. The van der Waals surface area contributed by atoms with E-state index < -0.39 is 6.10 Å². The van der Waals surface area contributed by atoms with Crippen molar-refractivity contribution in [2.45, 2.75) is 297 Å². The van der Waals surface area contributed by atoms with Crippen LogP contribution < -0.4 is 0 Å². The molecule has 0 rings (SSSR count). The highest BCUT2D eigenvalue weighted by Gasteiger charge is 2.19. The van der Waals surface area contributed by atoms with E-state index in [0.29, 0.717) is 19.3 Å². The molecule has 0 saturated heterocycles. The molecule has 0 aliphatic carbocycles. The standard InChI is InChI=1S/C69H116O6/c1-4-7-10-13-16-19-22-25-27-29-30-31-32-33-34-35-36-37-38-40-41-44-47-50-53-56-59-62-68(71)74-65-66(64-73-67(70)61-58-55-52-49-46-43-24-21-18-15-12-9-6-3)75-69(72)63-60-57-54-51-48-45-42-39-28-26-23-20-17-14-11-8-5-2/h7,9-10,12,16,18-19,21,25,27,30-31,33-34,36-37,43,46,66H,4-6,8,11,13-15,17,20,22-24,26,28-29,32,35,38-42,44-45,47-65H2,1-3H3/b10-7-,12-9-,19-16-,21-18-,27-25-,31-30-,34-33-,37-36-,46-43-. The molecule has 428 valence electrons. The van der Waals surface area contributed by atoms with E-state index in [1.54, 1.807) is 0 Å². The van der Waals surface area contributed by atoms with Crippen molar-refractivity contribution in [3.63, 3.8) is 0 Å². The summed E-state index contributed by atoms with van der Waals surface area (Å²) >= 11 is 0. The van der Waals surface area contributed by atoms with Gasteiger partial charge in [0.05, 0.1) is 0 Å². The van der Waals surface area contributed by atoms with Crippen molar-refractivity contribution in [2.24, 2.45) is 0 Å². The number of carbonyl (C=O) groups excluding carboxylic acids is 3. The van der Waals surface area contributed by atoms with E-state index in [1.165, 1.54) is 122 Å². The highest BCUT2D eigenvalue weighted by atomic mass is 16.6. The third-order valence-electron chi connectivity index (χ3n) is 13.3. The fourth-order valence-electron chi connectivity index (χ4n) is 8.64. The van der Waals surface area contributed by atoms with Crippen LogP contribution in [0.3, 0.4) is 0 Å². The highest BCUT2D eigenvalue weighted by molar-refractivity contribution is 5.71. The van der Waals surface area contributed by atoms with Gasteiger partial charge in [0, 0.05) is 19.3 Å². The zero-order chi connectivity index (χ0) is 54.3. The molecule has 0 bridgehead atoms. The molecule has 0 amide bonds. The molecule has 0 aliphatic heterocycles. The zero-order valence-corrected chi connectivity index (χ0v) is 49.0. The molecule has 75 heavy (non-hydrogen) atoms. The van der Waals surface area contributed by atoms with Crippen LogP contribution in [0.5, 0.6) is 0 Å². The smallest absolute Gasteiger partial charge is 0.306 e. The Hall–Kier alpha value is -3.93. The van der Waals surface area contributed by atoms with Gasteiger partial charge in [-0.25, -0.2) is 0 Å². The summed E-state index contributed by atoms with van der Waals surface area (Å²) in [5.74, 6) is -0.920. The molecule has 6 nitrogen and oxygen atoms in total. The van der Waals surface area contributed by atoms with Gasteiger partial charge in [0.1, 0.15) is 13.2 Å². The first kappa shape index (κ1) is 71.1. The number of hydrogen-bond acceptors (Lipinski definition) is 6. The summed E-state index contributed by atoms with van der Waals surface area (Å²) in [5.41, 5.74) is 0. The monoisotopic (exact) mass is 1040 g/mol. The van der Waals surface area contributed by atoms with Crippen LogP contribution in [0.15, 0.2) is 109 Å². The second-order valence-corrected chi connectivity index (χ2v) is 20.6. The first-order valence-corrected chi connectivity index (χ1v) is 31.4. The summed E-state index contributed by atoms with van der Waals surface area (Å²) in [4.78, 5) is 38.3. The minimum Gasteiger partial charge on any atom is -0.462 e. The molecule has 0 N–H and O–H groups in total. The van der Waals surface area contributed by atoms with Crippen LogP contribution in [0.1, 0.15) is 290 Å². The van der Waals surface area contributed by atoms with Crippen molar-refractivity contribution in [1.29, 1.82) is 0 Å². The molecule has 1 unspecified atom stereocenters. The highest BCUT2D eigenvalue weighted by Crippen LogP contribution is 2.16. The summed E-state index contributed by atoms with van der Waals surface area (Å²) in [6.45, 7) is 6.40. The molecule has 0 heterocycles. The second-order valence-electron chi connectivity index (χ2n) is 20.6. The maximum atomic E-state index is 12.9. The lowest BCUT2D eigenvalue weighted by atomic mass is 10.0. The number of carbonyl (C=O) groups is 3. The molecule has 0 aromatic rings. The van der Waals surface area contributed by atoms with E-state index in [-0.39, 0.29) is 31.1 Å². The molecular weight excluding hydrogens is 925 g/mol. The van der Waals surface area contributed by atoms with Crippen molar-refractivity contribution >= 4 is 17.9 Å². The minimum atomic E-state index is -0.794. The average Bonchev–Trinajstić information content (AvgIpc) is 3.41. The van der Waals surface area contributed by atoms with E-state index in [0.717, 1.165) is 128 Å². The van der Waals surface area contributed by atoms with E-state index in [4.69, 9.17) is 14.2 Å². The lowest BCUT2D eigenvalue weighted by Crippen LogP contribution is -2.30. The Balaban J connectivity index is 4.34. The largest absolute Gasteiger partial charge is 0.462 e. The first-order valence-electron chi connectivity index (χ1n) is 31.4. The van der Waals surface area contributed by atoms with E-state index in [9.17, 15) is 14.4 Å². The third kappa shape index (κ3) is 60.8. The van der Waals surface area contributed by atoms with Gasteiger partial charge in [0.2, 0.25) is 0 Å². The second kappa shape index (κ2) is 62.6. The van der Waals surface area contributed by atoms with Crippen molar-refractivity contribution in [2.75, 3.05) is 13.2 Å². The van der Waals surface area contributed by atoms with Gasteiger partial charge in [-0.05, 0) is 103 Å². The lowest BCUT2D eigenvalue weighted by molar-refractivity contribution is -0.167. The van der Waals surface area contributed by atoms with Crippen LogP contribution in [-0.4, -0.2) is 37.2 Å². The third-order valence-corrected chi connectivity index (χ3v) is 13.3. The van der Waals surface area contributed by atoms with Gasteiger partial charge in [-0.1, -0.05) is 278 Å². The molecule has 0 spiro atoms. The summed E-state index contributed by atoms with van der Waals surface area (Å²) in [7, 11) is 0. The number of rotatable bonds is 56. The number of allylic oxidation sites excluding steroid dienone is 18. The van der Waals surface area contributed by atoms with E-state index in [1.807, 2.05) is 0 Å². The summed E-state index contributed by atoms with van der Waals surface area (Å²) in [6, 6.07) is 0. The summed E-state index contributed by atoms with van der Waals surface area (Å²) in [5, 5.41) is 0. The van der Waals surface area contributed by atoms with E-state index in [2.05, 4.69) is 130 Å². The van der Waals surface area contributed by atoms with Crippen LogP contribution in [0.2, 0.25) is 0 Å². The quantitative estimate of drug-likeness (QED) is 0.0261. The molecule has 1 atom stereocenters. The molecule has 0 fully saturated rings. The Kier molecular flexibility index (Phi) is 59.3. The Labute approximate surface area is 463 Å². The molecule has 0 aromatic carbocycles. The molecular formula is C69H116O6. The van der Waals surface area contributed by atoms with Gasteiger partial charge in [-0.3, -0.25) is 14.4 Å². The summed E-state index contributed by atoms with van der Waals surface area (Å²) < 4.78 is 16.9. The van der Waals surface area contributed by atoms with Gasteiger partial charge in [-0.2, -0.15) is 0 Å². The number of esters is 3. The minimum absolute atomic E-state index is 0.0908. The van der Waals surface area contributed by atoms with Crippen molar-refractivity contribution in [1.82, 2.24) is 0 Å². The Bertz CT molecular complexity index is 1520. The predicted molar refractivity (Wildman–Crippen MR) is 325 cm³/mol. The predicted octanol–water partition coefficient (Wildman–Crippen LogP) is 21.4. The van der Waals surface area contributed by atoms with Crippen molar-refractivity contribution in [3.05, 3.63) is 109 Å². The van der Waals surface area contributed by atoms with Crippen LogP contribution >= 0.6 is 0 Å². The normalized spacial score (nSPS) is 12.8. The van der Waals surface area contributed by atoms with Crippen LogP contribution in [0.25, 0.3) is 0 Å². The van der Waals surface area contributed by atoms with Crippen molar-refractivity contribution in [3.8, 4) is 0 Å². The topological polar surface area (TPSA) is 78.9 Å². The SMILES string of the molecule is CC/C=C\C/C=C\C/C=C\C/C=C\C/C=C\C/C=C\CCCCCCCCCCC(=O)OCC(COC(=O)CCCCC/C=C\C/C=C\C/C=C\CC)OC(=O)CCCCCCCCCCCCCCCCCCC. The number of unbranched alkanes of at least 4 members (excludes halogenated alkanes) is 27. The maximum Gasteiger partial charge on any atom is 0.306 e. The molecule has 6 heteroatoms. The van der Waals surface area contributed by atoms with Gasteiger partial charge in [0.25, 0.3) is 0 Å². The van der Waals surface area contributed by atoms with Gasteiger partial charge >= 0.3 is 17.9 Å². The van der Waals surface area contributed by atoms with Gasteiger partial charge in [-0.15, -0.1) is 0 Å². The molecule has 0 saturated carbocycles. The fraction of sp³-hybridized carbons (Fsp3) is 0.696. The van der Waals surface area contributed by atoms with E-state index >= 15 is 0 Å². The first-order chi connectivity index (χ1) is 37.0. The fourth-order valence-corrected chi connectivity index (χ4v) is 8.64. The van der Waals surface area contributed by atoms with Gasteiger partial charge in [0.15, 0.2) is 6.10 Å². The van der Waals surface area contributed by atoms with Crippen LogP contribution in [0, 0.1) is 0 Å². The van der Waals surface area contributed by atoms with Gasteiger partial charge < -0.3 is 14.2 Å². The molecule has 0 aromatic heterocycles. The Morgan fingerprint density at radius 1 is 0.280 bits per heavy atom. The van der Waals surface area contributed by atoms with Crippen LogP contribution in [0.4, 0.5) is 0 Å². The zero-order valence-electron chi connectivity index (χ0n) is 49.0. The number of hydrogen-bond donors (Lipinski definition) is 0. The van der Waals surface area contributed by atoms with Crippen LogP contribution in [-0.2, 0) is 28.6 Å². The number of ether oxygens (including phenoxy) is 3. The average molecular weight is 1040 g/mol. The van der Waals surface area contributed by atoms with Crippen molar-refractivity contribution < 1.29 is 28.6 Å². The Morgan fingerprint density at radius 3 is 0.827 bits per heavy atom. The molecule has 0 aliphatic rings. The summed E-state index contributed by atoms with van der Waals surface area (Å²) in [6.07, 6.45) is 85.2. The Morgan fingerprint density at radius 2 is 0.520 bits per heavy atom.